The van der Waals surface area contributed by atoms with Crippen LogP contribution in [0.25, 0.3) is 0 Å². The van der Waals surface area contributed by atoms with Gasteiger partial charge in [0, 0.05) is 12.6 Å². The van der Waals surface area contributed by atoms with E-state index in [2.05, 4.69) is 17.2 Å². The van der Waals surface area contributed by atoms with E-state index in [9.17, 15) is 19.2 Å². The maximum Gasteiger partial charge on any atom is 0.408 e. The van der Waals surface area contributed by atoms with Gasteiger partial charge in [-0.15, -0.1) is 6.58 Å². The van der Waals surface area contributed by atoms with E-state index >= 15 is 0 Å². The van der Waals surface area contributed by atoms with Gasteiger partial charge in [-0.2, -0.15) is 0 Å². The Morgan fingerprint density at radius 3 is 2.33 bits per heavy atom. The van der Waals surface area contributed by atoms with E-state index in [-0.39, 0.29) is 18.5 Å². The molecular formula is C27H42N4O5. The number of amides is 4. The molecule has 0 radical (unpaired) electrons. The zero-order valence-electron chi connectivity index (χ0n) is 22.6. The highest BCUT2D eigenvalue weighted by Crippen LogP contribution is 2.28. The summed E-state index contributed by atoms with van der Waals surface area (Å²) in [6.45, 7) is 16.5. The summed E-state index contributed by atoms with van der Waals surface area (Å²) in [6, 6.07) is 3.08. The van der Waals surface area contributed by atoms with Crippen molar-refractivity contribution in [1.29, 1.82) is 0 Å². The lowest BCUT2D eigenvalue weighted by molar-refractivity contribution is -0.143. The van der Waals surface area contributed by atoms with Gasteiger partial charge in [-0.05, 0) is 64.7 Å². The lowest BCUT2D eigenvalue weighted by Gasteiger charge is -2.35. The van der Waals surface area contributed by atoms with Gasteiger partial charge in [-0.25, -0.2) is 4.79 Å². The molecule has 200 valence electrons. The molecule has 4 amide bonds. The standard InChI is InChI=1S/C27H42N4O5/c1-9-12-18(4)29-24(33)23(20-14-11-13-17(3)19(20)5)31(15-10-2)25(34)21(16-22(28)32)30-26(35)36-27(6,7)8/h10-11,13-14,18,21,23H,2,9,12,15-16H2,1,3-8H3,(H2,28,32)(H,29,33)(H,30,35). The summed E-state index contributed by atoms with van der Waals surface area (Å²) in [6.07, 6.45) is 1.81. The third-order valence-corrected chi connectivity index (χ3v) is 5.61. The molecule has 1 aromatic rings. The van der Waals surface area contributed by atoms with Gasteiger partial charge in [-0.3, -0.25) is 14.4 Å². The van der Waals surface area contributed by atoms with Crippen LogP contribution in [0, 0.1) is 13.8 Å². The minimum Gasteiger partial charge on any atom is -0.444 e. The highest BCUT2D eigenvalue weighted by molar-refractivity contribution is 5.94. The van der Waals surface area contributed by atoms with Crippen molar-refractivity contribution in [3.63, 3.8) is 0 Å². The number of nitrogens with zero attached hydrogens (tertiary/aromatic N) is 1. The smallest absolute Gasteiger partial charge is 0.408 e. The van der Waals surface area contributed by atoms with Gasteiger partial charge in [0.15, 0.2) is 0 Å². The fourth-order valence-electron chi connectivity index (χ4n) is 3.86. The number of primary amides is 1. The summed E-state index contributed by atoms with van der Waals surface area (Å²) in [5.74, 6) is -1.80. The average molecular weight is 503 g/mol. The van der Waals surface area contributed by atoms with Crippen LogP contribution in [0.5, 0.6) is 0 Å². The van der Waals surface area contributed by atoms with Crippen molar-refractivity contribution in [2.24, 2.45) is 5.73 Å². The van der Waals surface area contributed by atoms with Crippen LogP contribution in [0.15, 0.2) is 30.9 Å². The molecule has 9 heteroatoms. The first-order valence-corrected chi connectivity index (χ1v) is 12.3. The number of hydrogen-bond donors (Lipinski definition) is 3. The average Bonchev–Trinajstić information content (AvgIpc) is 2.73. The third kappa shape index (κ3) is 9.36. The first-order valence-electron chi connectivity index (χ1n) is 12.3. The van der Waals surface area contributed by atoms with Crippen LogP contribution >= 0.6 is 0 Å². The normalized spacial score (nSPS) is 13.6. The fourth-order valence-corrected chi connectivity index (χ4v) is 3.86. The van der Waals surface area contributed by atoms with Gasteiger partial charge in [0.1, 0.15) is 17.7 Å². The lowest BCUT2D eigenvalue weighted by atomic mass is 9.94. The molecule has 0 aliphatic heterocycles. The number of aryl methyl sites for hydroxylation is 1. The number of nitrogens with one attached hydrogen (secondary N) is 2. The first kappa shape index (κ1) is 30.7. The van der Waals surface area contributed by atoms with Crippen LogP contribution in [0.2, 0.25) is 0 Å². The number of hydrogen-bond acceptors (Lipinski definition) is 5. The van der Waals surface area contributed by atoms with Gasteiger partial charge in [-0.1, -0.05) is 37.6 Å². The van der Waals surface area contributed by atoms with E-state index < -0.39 is 42.0 Å². The van der Waals surface area contributed by atoms with Crippen LogP contribution in [-0.4, -0.2) is 52.9 Å². The SMILES string of the molecule is C=CCN(C(=O)C(CC(N)=O)NC(=O)OC(C)(C)C)C(C(=O)NC(C)CCC)c1cccc(C)c1C. The van der Waals surface area contributed by atoms with Gasteiger partial charge in [0.2, 0.25) is 17.7 Å². The minimum atomic E-state index is -1.33. The summed E-state index contributed by atoms with van der Waals surface area (Å²) in [4.78, 5) is 53.0. The molecule has 0 aliphatic rings. The minimum absolute atomic E-state index is 0.00226. The monoisotopic (exact) mass is 502 g/mol. The van der Waals surface area contributed by atoms with Crippen molar-refractivity contribution >= 4 is 23.8 Å². The molecule has 0 aromatic heterocycles. The number of carbonyl (C=O) groups excluding carboxylic acids is 4. The van der Waals surface area contributed by atoms with Crippen LogP contribution in [-0.2, 0) is 19.1 Å². The van der Waals surface area contributed by atoms with E-state index in [0.717, 1.165) is 24.0 Å². The molecule has 36 heavy (non-hydrogen) atoms. The van der Waals surface area contributed by atoms with Crippen LogP contribution in [0.3, 0.4) is 0 Å². The fraction of sp³-hybridized carbons (Fsp3) is 0.556. The number of rotatable bonds is 12. The van der Waals surface area contributed by atoms with Crippen LogP contribution in [0.1, 0.15) is 76.6 Å². The Kier molecular flexibility index (Phi) is 11.6. The van der Waals surface area contributed by atoms with Crippen LogP contribution < -0.4 is 16.4 Å². The number of alkyl carbamates (subject to hydrolysis) is 1. The van der Waals surface area contributed by atoms with Crippen molar-refractivity contribution in [1.82, 2.24) is 15.5 Å². The van der Waals surface area contributed by atoms with Crippen molar-refractivity contribution in [2.75, 3.05) is 6.54 Å². The van der Waals surface area contributed by atoms with Crippen molar-refractivity contribution in [2.45, 2.75) is 91.5 Å². The molecule has 0 saturated carbocycles. The number of benzene rings is 1. The predicted octanol–water partition coefficient (Wildman–Crippen LogP) is 3.43. The second-order valence-corrected chi connectivity index (χ2v) is 10.0. The second kappa shape index (κ2) is 13.7. The number of nitrogens with two attached hydrogens (primary N) is 1. The number of ether oxygens (including phenoxy) is 1. The Morgan fingerprint density at radius 2 is 1.81 bits per heavy atom. The zero-order chi connectivity index (χ0) is 27.6. The summed E-state index contributed by atoms with van der Waals surface area (Å²) < 4.78 is 5.27. The lowest BCUT2D eigenvalue weighted by Crippen LogP contribution is -2.54. The number of carbonyl (C=O) groups is 4. The quantitative estimate of drug-likeness (QED) is 0.377. The Balaban J connectivity index is 3.54. The maximum absolute atomic E-state index is 13.8. The van der Waals surface area contributed by atoms with Gasteiger partial charge < -0.3 is 26.0 Å². The highest BCUT2D eigenvalue weighted by Gasteiger charge is 2.37. The Morgan fingerprint density at radius 1 is 1.17 bits per heavy atom. The van der Waals surface area contributed by atoms with E-state index in [0.29, 0.717) is 5.56 Å². The summed E-state index contributed by atoms with van der Waals surface area (Å²) in [5, 5.41) is 5.46. The molecule has 3 atom stereocenters. The van der Waals surface area contributed by atoms with E-state index in [4.69, 9.17) is 10.5 Å². The second-order valence-electron chi connectivity index (χ2n) is 10.0. The highest BCUT2D eigenvalue weighted by atomic mass is 16.6. The summed E-state index contributed by atoms with van der Waals surface area (Å²) in [5.41, 5.74) is 7.03. The van der Waals surface area contributed by atoms with E-state index in [1.54, 1.807) is 26.8 Å². The molecule has 0 saturated heterocycles. The molecule has 0 bridgehead atoms. The van der Waals surface area contributed by atoms with Crippen molar-refractivity contribution in [3.8, 4) is 0 Å². The molecule has 0 fully saturated rings. The third-order valence-electron chi connectivity index (χ3n) is 5.61. The molecule has 3 unspecified atom stereocenters. The Hall–Kier alpha value is -3.36. The zero-order valence-corrected chi connectivity index (χ0v) is 22.6. The van der Waals surface area contributed by atoms with Crippen LogP contribution in [0.4, 0.5) is 4.79 Å². The van der Waals surface area contributed by atoms with Crippen molar-refractivity contribution < 1.29 is 23.9 Å². The first-order chi connectivity index (χ1) is 16.7. The Bertz CT molecular complexity index is 954. The predicted molar refractivity (Wildman–Crippen MR) is 140 cm³/mol. The summed E-state index contributed by atoms with van der Waals surface area (Å²) >= 11 is 0. The molecular weight excluding hydrogens is 460 g/mol. The molecule has 4 N–H and O–H groups in total. The molecule has 0 spiro atoms. The van der Waals surface area contributed by atoms with Gasteiger partial charge in [0.05, 0.1) is 6.42 Å². The molecule has 9 nitrogen and oxygen atoms in total. The largest absolute Gasteiger partial charge is 0.444 e. The molecule has 0 heterocycles. The van der Waals surface area contributed by atoms with Gasteiger partial charge >= 0.3 is 6.09 Å². The Labute approximate surface area is 214 Å². The molecule has 0 aliphatic carbocycles. The summed E-state index contributed by atoms with van der Waals surface area (Å²) in [7, 11) is 0. The van der Waals surface area contributed by atoms with Crippen molar-refractivity contribution in [3.05, 3.63) is 47.5 Å². The van der Waals surface area contributed by atoms with E-state index in [1.165, 1.54) is 11.0 Å². The molecule has 1 aromatic carbocycles. The van der Waals surface area contributed by atoms with Gasteiger partial charge in [0.25, 0.3) is 0 Å². The molecule has 1 rings (SSSR count). The topological polar surface area (TPSA) is 131 Å². The van der Waals surface area contributed by atoms with E-state index in [1.807, 2.05) is 39.8 Å². The maximum atomic E-state index is 13.8.